The number of nitrogens with zero attached hydrogens (tertiary/aromatic N) is 2. The van der Waals surface area contributed by atoms with Gasteiger partial charge in [0.2, 0.25) is 0 Å². The molecule has 3 aromatic rings. The van der Waals surface area contributed by atoms with E-state index in [1.807, 2.05) is 48.7 Å². The van der Waals surface area contributed by atoms with E-state index in [0.717, 1.165) is 21.2 Å². The first kappa shape index (κ1) is 17.9. The van der Waals surface area contributed by atoms with Crippen LogP contribution in [0.2, 0.25) is 0 Å². The Hall–Kier alpha value is -2.86. The number of hydrogen-bond acceptors (Lipinski definition) is 4. The molecule has 6 heteroatoms. The van der Waals surface area contributed by atoms with Crippen molar-refractivity contribution in [3.8, 4) is 0 Å². The predicted molar refractivity (Wildman–Crippen MR) is 105 cm³/mol. The van der Waals surface area contributed by atoms with Crippen molar-refractivity contribution in [1.82, 2.24) is 4.90 Å². The standard InChI is InChI=1S/C20H18N2O3S/c1-21(13-15-8-5-7-14-6-3-4-9-17(14)15)20(23)18-12-16(26-2)10-11-19(18)22(24)25/h3-12H,13H2,1-2H3. The van der Waals surface area contributed by atoms with Crippen molar-refractivity contribution >= 4 is 34.1 Å². The fraction of sp³-hybridized carbons (Fsp3) is 0.150. The molecule has 0 bridgehead atoms. The summed E-state index contributed by atoms with van der Waals surface area (Å²) >= 11 is 1.45. The van der Waals surface area contributed by atoms with Gasteiger partial charge in [-0.25, -0.2) is 0 Å². The SMILES string of the molecule is CSc1ccc([N+](=O)[O-])c(C(=O)N(C)Cc2cccc3ccccc23)c1. The second-order valence-electron chi connectivity index (χ2n) is 5.94. The number of carbonyl (C=O) groups is 1. The third-order valence-electron chi connectivity index (χ3n) is 4.26. The van der Waals surface area contributed by atoms with E-state index in [1.54, 1.807) is 19.2 Å². The number of amides is 1. The summed E-state index contributed by atoms with van der Waals surface area (Å²) in [5.41, 5.74) is 0.949. The van der Waals surface area contributed by atoms with E-state index < -0.39 is 4.92 Å². The maximum Gasteiger partial charge on any atom is 0.282 e. The summed E-state index contributed by atoms with van der Waals surface area (Å²) in [6, 6.07) is 18.5. The molecule has 0 radical (unpaired) electrons. The molecule has 0 aliphatic carbocycles. The number of carbonyl (C=O) groups excluding carboxylic acids is 1. The molecular weight excluding hydrogens is 348 g/mol. The Morgan fingerprint density at radius 2 is 1.85 bits per heavy atom. The van der Waals surface area contributed by atoms with E-state index in [0.29, 0.717) is 6.54 Å². The molecule has 0 N–H and O–H groups in total. The summed E-state index contributed by atoms with van der Waals surface area (Å²) in [6.07, 6.45) is 1.87. The van der Waals surface area contributed by atoms with Crippen molar-refractivity contribution in [3.63, 3.8) is 0 Å². The molecule has 0 spiro atoms. The van der Waals surface area contributed by atoms with Crippen molar-refractivity contribution in [2.24, 2.45) is 0 Å². The number of thioether (sulfide) groups is 1. The van der Waals surface area contributed by atoms with Crippen LogP contribution in [0.3, 0.4) is 0 Å². The summed E-state index contributed by atoms with van der Waals surface area (Å²) in [6.45, 7) is 0.376. The van der Waals surface area contributed by atoms with Crippen molar-refractivity contribution in [2.75, 3.05) is 13.3 Å². The van der Waals surface area contributed by atoms with Crippen LogP contribution in [-0.4, -0.2) is 29.0 Å². The lowest BCUT2D eigenvalue weighted by Gasteiger charge is -2.19. The highest BCUT2D eigenvalue weighted by molar-refractivity contribution is 7.98. The van der Waals surface area contributed by atoms with Crippen molar-refractivity contribution < 1.29 is 9.72 Å². The van der Waals surface area contributed by atoms with Gasteiger partial charge in [0.25, 0.3) is 11.6 Å². The Kier molecular flexibility index (Phi) is 5.23. The number of hydrogen-bond donors (Lipinski definition) is 0. The molecule has 3 rings (SSSR count). The maximum atomic E-state index is 12.9. The molecular formula is C20H18N2O3S. The average Bonchev–Trinajstić information content (AvgIpc) is 2.67. The monoisotopic (exact) mass is 366 g/mol. The molecule has 0 atom stereocenters. The van der Waals surface area contributed by atoms with Crippen molar-refractivity contribution in [3.05, 3.63) is 81.9 Å². The zero-order valence-corrected chi connectivity index (χ0v) is 15.3. The molecule has 0 saturated carbocycles. The van der Waals surface area contributed by atoms with Gasteiger partial charge in [0.05, 0.1) is 4.92 Å². The Balaban J connectivity index is 1.94. The fourth-order valence-electron chi connectivity index (χ4n) is 2.94. The highest BCUT2D eigenvalue weighted by Gasteiger charge is 2.23. The van der Waals surface area contributed by atoms with Crippen LogP contribution in [0.4, 0.5) is 5.69 Å². The van der Waals surface area contributed by atoms with Gasteiger partial charge in [-0.05, 0) is 34.7 Å². The van der Waals surface area contributed by atoms with E-state index in [-0.39, 0.29) is 17.2 Å². The van der Waals surface area contributed by atoms with Gasteiger partial charge in [0, 0.05) is 24.6 Å². The van der Waals surface area contributed by atoms with Gasteiger partial charge in [-0.1, -0.05) is 42.5 Å². The summed E-state index contributed by atoms with van der Waals surface area (Å²) in [7, 11) is 1.67. The van der Waals surface area contributed by atoms with E-state index >= 15 is 0 Å². The van der Waals surface area contributed by atoms with Gasteiger partial charge in [-0.2, -0.15) is 0 Å². The normalized spacial score (nSPS) is 10.7. The highest BCUT2D eigenvalue weighted by atomic mass is 32.2. The summed E-state index contributed by atoms with van der Waals surface area (Å²) in [5, 5.41) is 13.5. The van der Waals surface area contributed by atoms with Gasteiger partial charge in [-0.3, -0.25) is 14.9 Å². The molecule has 3 aromatic carbocycles. The lowest BCUT2D eigenvalue weighted by Crippen LogP contribution is -2.27. The first-order chi connectivity index (χ1) is 12.5. The van der Waals surface area contributed by atoms with E-state index in [9.17, 15) is 14.9 Å². The van der Waals surface area contributed by atoms with Crippen LogP contribution in [0.1, 0.15) is 15.9 Å². The van der Waals surface area contributed by atoms with E-state index in [1.165, 1.54) is 22.7 Å². The second-order valence-corrected chi connectivity index (χ2v) is 6.82. The smallest absolute Gasteiger partial charge is 0.282 e. The van der Waals surface area contributed by atoms with Crippen LogP contribution >= 0.6 is 11.8 Å². The Morgan fingerprint density at radius 3 is 2.58 bits per heavy atom. The number of nitro benzene ring substituents is 1. The molecule has 0 aliphatic heterocycles. The minimum atomic E-state index is -0.511. The summed E-state index contributed by atoms with van der Waals surface area (Å²) in [5.74, 6) is -0.361. The largest absolute Gasteiger partial charge is 0.337 e. The number of rotatable bonds is 5. The topological polar surface area (TPSA) is 63.5 Å². The van der Waals surface area contributed by atoms with Crippen molar-refractivity contribution in [1.29, 1.82) is 0 Å². The maximum absolute atomic E-state index is 12.9. The molecule has 5 nitrogen and oxygen atoms in total. The lowest BCUT2D eigenvalue weighted by atomic mass is 10.0. The van der Waals surface area contributed by atoms with Gasteiger partial charge < -0.3 is 4.90 Å². The minimum absolute atomic E-state index is 0.115. The van der Waals surface area contributed by atoms with Gasteiger partial charge in [0.15, 0.2) is 0 Å². The van der Waals surface area contributed by atoms with Crippen molar-refractivity contribution in [2.45, 2.75) is 11.4 Å². The summed E-state index contributed by atoms with van der Waals surface area (Å²) < 4.78 is 0. The molecule has 0 unspecified atom stereocenters. The Bertz CT molecular complexity index is 982. The van der Waals surface area contributed by atoms with Crippen LogP contribution in [0.5, 0.6) is 0 Å². The van der Waals surface area contributed by atoms with Crippen LogP contribution < -0.4 is 0 Å². The molecule has 0 heterocycles. The first-order valence-corrected chi connectivity index (χ1v) is 9.28. The minimum Gasteiger partial charge on any atom is -0.337 e. The van der Waals surface area contributed by atoms with Crippen LogP contribution in [0, 0.1) is 10.1 Å². The lowest BCUT2D eigenvalue weighted by molar-refractivity contribution is -0.385. The molecule has 0 saturated heterocycles. The van der Waals surface area contributed by atoms with E-state index in [4.69, 9.17) is 0 Å². The van der Waals surface area contributed by atoms with Crippen LogP contribution in [0.25, 0.3) is 10.8 Å². The predicted octanol–water partition coefficient (Wildman–Crippen LogP) is 4.74. The van der Waals surface area contributed by atoms with Crippen LogP contribution in [-0.2, 0) is 6.54 Å². The van der Waals surface area contributed by atoms with Crippen LogP contribution in [0.15, 0.2) is 65.6 Å². The molecule has 0 aliphatic rings. The average molecular weight is 366 g/mol. The molecule has 1 amide bonds. The first-order valence-electron chi connectivity index (χ1n) is 8.06. The van der Waals surface area contributed by atoms with E-state index in [2.05, 4.69) is 0 Å². The van der Waals surface area contributed by atoms with Gasteiger partial charge in [0.1, 0.15) is 5.56 Å². The van der Waals surface area contributed by atoms with Gasteiger partial charge >= 0.3 is 0 Å². The molecule has 0 aromatic heterocycles. The third kappa shape index (κ3) is 3.55. The Labute approximate surface area is 155 Å². The Morgan fingerprint density at radius 1 is 1.12 bits per heavy atom. The molecule has 132 valence electrons. The quantitative estimate of drug-likeness (QED) is 0.372. The second kappa shape index (κ2) is 7.58. The number of fused-ring (bicyclic) bond motifs is 1. The summed E-state index contributed by atoms with van der Waals surface area (Å²) in [4.78, 5) is 26.0. The zero-order valence-electron chi connectivity index (χ0n) is 14.5. The molecule has 0 fully saturated rings. The number of benzene rings is 3. The molecule has 26 heavy (non-hydrogen) atoms. The highest BCUT2D eigenvalue weighted by Crippen LogP contribution is 2.27. The fourth-order valence-corrected chi connectivity index (χ4v) is 3.38. The van der Waals surface area contributed by atoms with Gasteiger partial charge in [-0.15, -0.1) is 11.8 Å². The third-order valence-corrected chi connectivity index (χ3v) is 4.99. The zero-order chi connectivity index (χ0) is 18.7. The number of nitro groups is 1.